The number of aromatic nitrogens is 1. The first-order chi connectivity index (χ1) is 9.26. The molecule has 4 heteroatoms. The van der Waals surface area contributed by atoms with E-state index in [0.717, 1.165) is 11.3 Å². The van der Waals surface area contributed by atoms with Crippen LogP contribution in [0.15, 0.2) is 48.7 Å². The highest BCUT2D eigenvalue weighted by Crippen LogP contribution is 2.24. The average Bonchev–Trinajstić information content (AvgIpc) is 2.49. The van der Waals surface area contributed by atoms with Crippen molar-refractivity contribution < 1.29 is 4.74 Å². The van der Waals surface area contributed by atoms with E-state index in [-0.39, 0.29) is 6.04 Å². The number of nitrogens with zero attached hydrogens (tertiary/aromatic N) is 2. The Labute approximate surface area is 113 Å². The molecule has 2 rings (SSSR count). The average molecular weight is 257 g/mol. The largest absolute Gasteiger partial charge is 0.481 e. The number of para-hydroxylation sites is 1. The zero-order valence-electron chi connectivity index (χ0n) is 11.3. The summed E-state index contributed by atoms with van der Waals surface area (Å²) in [6.45, 7) is 0.527. The van der Waals surface area contributed by atoms with Crippen LogP contribution in [0.3, 0.4) is 0 Å². The van der Waals surface area contributed by atoms with Gasteiger partial charge in [0.25, 0.3) is 0 Å². The second-order valence-electron chi connectivity index (χ2n) is 4.33. The lowest BCUT2D eigenvalue weighted by molar-refractivity contribution is 0.397. The van der Waals surface area contributed by atoms with E-state index < -0.39 is 0 Å². The van der Waals surface area contributed by atoms with Crippen LogP contribution in [-0.2, 0) is 0 Å². The molecular formula is C15H19N3O. The van der Waals surface area contributed by atoms with Gasteiger partial charge in [-0.05, 0) is 17.7 Å². The molecule has 0 spiro atoms. The first-order valence-corrected chi connectivity index (χ1v) is 6.24. The number of hydrogen-bond donors (Lipinski definition) is 1. The Morgan fingerprint density at radius 2 is 1.95 bits per heavy atom. The lowest BCUT2D eigenvalue weighted by atomic mass is 10.1. The lowest BCUT2D eigenvalue weighted by Gasteiger charge is -2.29. The highest BCUT2D eigenvalue weighted by atomic mass is 16.5. The summed E-state index contributed by atoms with van der Waals surface area (Å²) in [5, 5.41) is 0. The third-order valence-corrected chi connectivity index (χ3v) is 3.21. The summed E-state index contributed by atoms with van der Waals surface area (Å²) < 4.78 is 5.07. The highest BCUT2D eigenvalue weighted by Gasteiger charge is 2.16. The van der Waals surface area contributed by atoms with Crippen LogP contribution in [0, 0.1) is 0 Å². The number of benzene rings is 1. The van der Waals surface area contributed by atoms with Crippen LogP contribution in [0.5, 0.6) is 5.88 Å². The number of anilines is 1. The molecule has 0 saturated heterocycles. The van der Waals surface area contributed by atoms with E-state index in [0.29, 0.717) is 12.4 Å². The number of methoxy groups -OCH3 is 1. The minimum absolute atomic E-state index is 0.0980. The third-order valence-electron chi connectivity index (χ3n) is 3.21. The Hall–Kier alpha value is -2.07. The van der Waals surface area contributed by atoms with Gasteiger partial charge in [-0.3, -0.25) is 0 Å². The fourth-order valence-electron chi connectivity index (χ4n) is 2.07. The number of nitrogens with two attached hydrogens (primary N) is 1. The first kappa shape index (κ1) is 13.4. The molecule has 2 aromatic rings. The Balaban J connectivity index is 2.23. The number of pyridine rings is 1. The maximum absolute atomic E-state index is 5.91. The van der Waals surface area contributed by atoms with Gasteiger partial charge in [0.05, 0.1) is 13.2 Å². The molecule has 100 valence electrons. The minimum atomic E-state index is 0.0980. The summed E-state index contributed by atoms with van der Waals surface area (Å²) in [6.07, 6.45) is 1.82. The molecule has 1 unspecified atom stereocenters. The fraction of sp³-hybridized carbons (Fsp3) is 0.267. The van der Waals surface area contributed by atoms with Gasteiger partial charge in [0.1, 0.15) is 0 Å². The second kappa shape index (κ2) is 6.20. The summed E-state index contributed by atoms with van der Waals surface area (Å²) in [5.74, 6) is 0.613. The van der Waals surface area contributed by atoms with Gasteiger partial charge in [-0.1, -0.05) is 24.3 Å². The highest BCUT2D eigenvalue weighted by molar-refractivity contribution is 5.48. The molecule has 1 heterocycles. The van der Waals surface area contributed by atoms with E-state index in [4.69, 9.17) is 10.5 Å². The standard InChI is InChI=1S/C15H19N3O/c1-18(13-6-4-3-5-7-13)14(10-16)12-8-9-15(19-2)17-11-12/h3-9,11,14H,10,16H2,1-2H3. The summed E-state index contributed by atoms with van der Waals surface area (Å²) in [7, 11) is 3.65. The number of likely N-dealkylation sites (N-methyl/N-ethyl adjacent to an activating group) is 1. The predicted molar refractivity (Wildman–Crippen MR) is 77.4 cm³/mol. The van der Waals surface area contributed by atoms with Crippen molar-refractivity contribution >= 4 is 5.69 Å². The molecule has 0 amide bonds. The number of hydrogen-bond acceptors (Lipinski definition) is 4. The summed E-state index contributed by atoms with van der Waals surface area (Å²) in [4.78, 5) is 6.39. The zero-order valence-corrected chi connectivity index (χ0v) is 11.3. The molecule has 19 heavy (non-hydrogen) atoms. The molecule has 0 aliphatic carbocycles. The molecule has 2 N–H and O–H groups in total. The van der Waals surface area contributed by atoms with Crippen LogP contribution in [0.2, 0.25) is 0 Å². The van der Waals surface area contributed by atoms with Crippen molar-refractivity contribution in [1.29, 1.82) is 0 Å². The molecule has 1 aromatic heterocycles. The first-order valence-electron chi connectivity index (χ1n) is 6.24. The van der Waals surface area contributed by atoms with Crippen LogP contribution in [0.25, 0.3) is 0 Å². The van der Waals surface area contributed by atoms with Crippen molar-refractivity contribution in [2.45, 2.75) is 6.04 Å². The van der Waals surface area contributed by atoms with Gasteiger partial charge < -0.3 is 15.4 Å². The monoisotopic (exact) mass is 257 g/mol. The van der Waals surface area contributed by atoms with Gasteiger partial charge in [-0.15, -0.1) is 0 Å². The SMILES string of the molecule is COc1ccc(C(CN)N(C)c2ccccc2)cn1. The molecular weight excluding hydrogens is 238 g/mol. The van der Waals surface area contributed by atoms with Crippen LogP contribution in [-0.4, -0.2) is 25.7 Å². The lowest BCUT2D eigenvalue weighted by Crippen LogP contribution is -2.30. The Kier molecular flexibility index (Phi) is 4.36. The third kappa shape index (κ3) is 3.03. The van der Waals surface area contributed by atoms with Crippen molar-refractivity contribution in [2.24, 2.45) is 5.73 Å². The Morgan fingerprint density at radius 3 is 2.47 bits per heavy atom. The molecule has 0 aliphatic rings. The van der Waals surface area contributed by atoms with E-state index >= 15 is 0 Å². The van der Waals surface area contributed by atoms with Gasteiger partial charge in [0.2, 0.25) is 5.88 Å². The van der Waals surface area contributed by atoms with Gasteiger partial charge in [0, 0.05) is 31.5 Å². The van der Waals surface area contributed by atoms with Crippen LogP contribution >= 0.6 is 0 Å². The van der Waals surface area contributed by atoms with E-state index in [9.17, 15) is 0 Å². The minimum Gasteiger partial charge on any atom is -0.481 e. The molecule has 0 bridgehead atoms. The van der Waals surface area contributed by atoms with Crippen LogP contribution < -0.4 is 15.4 Å². The number of ether oxygens (including phenoxy) is 1. The summed E-state index contributed by atoms with van der Waals surface area (Å²) in [6, 6.07) is 14.1. The Morgan fingerprint density at radius 1 is 1.21 bits per heavy atom. The van der Waals surface area contributed by atoms with E-state index in [1.807, 2.05) is 43.6 Å². The normalized spacial score (nSPS) is 11.9. The molecule has 0 aliphatic heterocycles. The predicted octanol–water partition coefficient (Wildman–Crippen LogP) is 2.23. The number of rotatable bonds is 5. The van der Waals surface area contributed by atoms with Gasteiger partial charge in [0.15, 0.2) is 0 Å². The molecule has 0 radical (unpaired) electrons. The molecule has 0 saturated carbocycles. The summed E-state index contributed by atoms with van der Waals surface area (Å²) >= 11 is 0. The van der Waals surface area contributed by atoms with Crippen LogP contribution in [0.1, 0.15) is 11.6 Å². The molecule has 4 nitrogen and oxygen atoms in total. The van der Waals surface area contributed by atoms with E-state index in [2.05, 4.69) is 22.0 Å². The smallest absolute Gasteiger partial charge is 0.212 e. The molecule has 1 aromatic carbocycles. The van der Waals surface area contributed by atoms with Crippen molar-refractivity contribution in [2.75, 3.05) is 25.6 Å². The molecule has 0 fully saturated rings. The van der Waals surface area contributed by atoms with Crippen molar-refractivity contribution in [3.05, 3.63) is 54.2 Å². The second-order valence-corrected chi connectivity index (χ2v) is 4.33. The van der Waals surface area contributed by atoms with Crippen LogP contribution in [0.4, 0.5) is 5.69 Å². The summed E-state index contributed by atoms with van der Waals surface area (Å²) in [5.41, 5.74) is 8.12. The van der Waals surface area contributed by atoms with Gasteiger partial charge >= 0.3 is 0 Å². The van der Waals surface area contributed by atoms with Gasteiger partial charge in [-0.25, -0.2) is 4.98 Å². The quantitative estimate of drug-likeness (QED) is 0.892. The van der Waals surface area contributed by atoms with Crippen molar-refractivity contribution in [3.8, 4) is 5.88 Å². The van der Waals surface area contributed by atoms with E-state index in [1.54, 1.807) is 7.11 Å². The Bertz CT molecular complexity index is 499. The maximum atomic E-state index is 5.91. The zero-order chi connectivity index (χ0) is 13.7. The fourth-order valence-corrected chi connectivity index (χ4v) is 2.07. The van der Waals surface area contributed by atoms with Gasteiger partial charge in [-0.2, -0.15) is 0 Å². The maximum Gasteiger partial charge on any atom is 0.212 e. The van der Waals surface area contributed by atoms with Crippen molar-refractivity contribution in [3.63, 3.8) is 0 Å². The molecule has 1 atom stereocenters. The topological polar surface area (TPSA) is 51.4 Å². The van der Waals surface area contributed by atoms with E-state index in [1.165, 1.54) is 0 Å². The van der Waals surface area contributed by atoms with Crippen molar-refractivity contribution in [1.82, 2.24) is 4.98 Å².